The number of sulfonamides is 1. The van der Waals surface area contributed by atoms with Crippen molar-refractivity contribution >= 4 is 43.3 Å². The van der Waals surface area contributed by atoms with Gasteiger partial charge < -0.3 is 10.2 Å². The Morgan fingerprint density at radius 3 is 2.19 bits per heavy atom. The second-order valence-electron chi connectivity index (χ2n) is 7.49. The molecule has 7 nitrogen and oxygen atoms in total. The largest absolute Gasteiger partial charge is 0.354 e. The molecular weight excluding hydrogens is 478 g/mol. The van der Waals surface area contributed by atoms with Gasteiger partial charge in [0, 0.05) is 42.4 Å². The minimum absolute atomic E-state index is 0.312. The summed E-state index contributed by atoms with van der Waals surface area (Å²) in [4.78, 5) is 11.5. The lowest BCUT2D eigenvalue weighted by atomic mass is 10.2. The number of anilines is 3. The summed E-state index contributed by atoms with van der Waals surface area (Å²) in [7, 11) is -3.50. The normalized spacial score (nSPS) is 15.1. The maximum absolute atomic E-state index is 12.9. The van der Waals surface area contributed by atoms with Crippen LogP contribution in [0.25, 0.3) is 0 Å². The van der Waals surface area contributed by atoms with Gasteiger partial charge in [0.05, 0.1) is 4.90 Å². The molecule has 0 aliphatic carbocycles. The van der Waals surface area contributed by atoms with Gasteiger partial charge in [-0.3, -0.25) is 0 Å². The minimum atomic E-state index is -3.50. The van der Waals surface area contributed by atoms with E-state index in [1.165, 1.54) is 9.87 Å². The summed E-state index contributed by atoms with van der Waals surface area (Å²) in [6.07, 6.45) is 0. The molecule has 1 fully saturated rings. The van der Waals surface area contributed by atoms with E-state index in [0.717, 1.165) is 21.8 Å². The van der Waals surface area contributed by atoms with Crippen molar-refractivity contribution in [2.75, 3.05) is 36.4 Å². The third kappa shape index (κ3) is 5.06. The molecule has 0 amide bonds. The van der Waals surface area contributed by atoms with Gasteiger partial charge in [0.2, 0.25) is 10.0 Å². The van der Waals surface area contributed by atoms with Gasteiger partial charge >= 0.3 is 0 Å². The number of halogens is 1. The zero-order valence-corrected chi connectivity index (χ0v) is 19.8. The van der Waals surface area contributed by atoms with Gasteiger partial charge in [0.15, 0.2) is 0 Å². The summed E-state index contributed by atoms with van der Waals surface area (Å²) in [5, 5.41) is 3.32. The van der Waals surface area contributed by atoms with Gasteiger partial charge in [-0.1, -0.05) is 33.6 Å². The highest BCUT2D eigenvalue weighted by molar-refractivity contribution is 9.10. The molecule has 0 atom stereocenters. The Morgan fingerprint density at radius 2 is 1.55 bits per heavy atom. The summed E-state index contributed by atoms with van der Waals surface area (Å²) in [5.74, 6) is 2.18. The molecular formula is C22H24BrN5O2S. The smallest absolute Gasteiger partial charge is 0.243 e. The Balaban J connectivity index is 1.46. The number of nitrogens with zero attached hydrogens (tertiary/aromatic N) is 4. The highest BCUT2D eigenvalue weighted by Gasteiger charge is 2.29. The van der Waals surface area contributed by atoms with Gasteiger partial charge in [-0.2, -0.15) is 4.31 Å². The fourth-order valence-electron chi connectivity index (χ4n) is 3.48. The topological polar surface area (TPSA) is 78.4 Å². The average Bonchev–Trinajstić information content (AvgIpc) is 2.75. The number of aromatic nitrogens is 2. The zero-order valence-electron chi connectivity index (χ0n) is 17.4. The van der Waals surface area contributed by atoms with Crippen LogP contribution in [0.5, 0.6) is 0 Å². The lowest BCUT2D eigenvalue weighted by Crippen LogP contribution is -2.49. The number of nitrogens with one attached hydrogen (secondary N) is 1. The molecule has 0 radical (unpaired) electrons. The van der Waals surface area contributed by atoms with Crippen molar-refractivity contribution in [1.29, 1.82) is 0 Å². The van der Waals surface area contributed by atoms with Crippen molar-refractivity contribution in [3.8, 4) is 0 Å². The summed E-state index contributed by atoms with van der Waals surface area (Å²) < 4.78 is 28.3. The molecule has 1 N–H and O–H groups in total. The third-order valence-electron chi connectivity index (χ3n) is 5.16. The van der Waals surface area contributed by atoms with Gasteiger partial charge in [-0.05, 0) is 50.2 Å². The maximum atomic E-state index is 12.9. The summed E-state index contributed by atoms with van der Waals surface area (Å²) >= 11 is 3.35. The van der Waals surface area contributed by atoms with Crippen molar-refractivity contribution in [2.45, 2.75) is 18.7 Å². The van der Waals surface area contributed by atoms with Crippen molar-refractivity contribution < 1.29 is 8.42 Å². The van der Waals surface area contributed by atoms with Crippen molar-refractivity contribution in [3.63, 3.8) is 0 Å². The van der Waals surface area contributed by atoms with Crippen molar-refractivity contribution in [2.24, 2.45) is 0 Å². The molecule has 2 aromatic carbocycles. The van der Waals surface area contributed by atoms with E-state index in [0.29, 0.717) is 36.9 Å². The van der Waals surface area contributed by atoms with Crippen LogP contribution in [0.3, 0.4) is 0 Å². The SMILES string of the molecule is Cc1ccc(Nc2cc(N3CCN(S(=O)(=O)c4ccc(Br)cc4)CC3)nc(C)n2)cc1. The highest BCUT2D eigenvalue weighted by Crippen LogP contribution is 2.24. The Morgan fingerprint density at radius 1 is 0.903 bits per heavy atom. The number of piperazine rings is 1. The van der Waals surface area contributed by atoms with E-state index in [1.807, 2.05) is 44.2 Å². The summed E-state index contributed by atoms with van der Waals surface area (Å²) in [5.41, 5.74) is 2.15. The molecule has 2 heterocycles. The Kier molecular flexibility index (Phi) is 6.27. The van der Waals surface area contributed by atoms with E-state index in [9.17, 15) is 8.42 Å². The number of hydrogen-bond donors (Lipinski definition) is 1. The lowest BCUT2D eigenvalue weighted by molar-refractivity contribution is 0.383. The first-order chi connectivity index (χ1) is 14.8. The molecule has 9 heteroatoms. The molecule has 0 spiro atoms. The van der Waals surface area contributed by atoms with E-state index >= 15 is 0 Å². The fourth-order valence-corrected chi connectivity index (χ4v) is 5.16. The second-order valence-corrected chi connectivity index (χ2v) is 10.3. The van der Waals surface area contributed by atoms with Crippen LogP contribution in [0.1, 0.15) is 11.4 Å². The first kappa shape index (κ1) is 21.7. The molecule has 1 aromatic heterocycles. The molecule has 4 rings (SSSR count). The molecule has 1 saturated heterocycles. The van der Waals surface area contributed by atoms with Crippen LogP contribution in [-0.4, -0.2) is 48.9 Å². The predicted molar refractivity (Wildman–Crippen MR) is 126 cm³/mol. The van der Waals surface area contributed by atoms with Crippen molar-refractivity contribution in [3.05, 3.63) is 70.5 Å². The molecule has 1 aliphatic rings. The van der Waals surface area contributed by atoms with Gasteiger partial charge in [-0.25, -0.2) is 18.4 Å². The van der Waals surface area contributed by atoms with Crippen LogP contribution in [0.4, 0.5) is 17.3 Å². The zero-order chi connectivity index (χ0) is 22.0. The average molecular weight is 502 g/mol. The number of aryl methyl sites for hydroxylation is 2. The minimum Gasteiger partial charge on any atom is -0.354 e. The van der Waals surface area contributed by atoms with E-state index in [1.54, 1.807) is 24.3 Å². The maximum Gasteiger partial charge on any atom is 0.243 e. The predicted octanol–water partition coefficient (Wildman–Crippen LogP) is 4.11. The van der Waals surface area contributed by atoms with Crippen molar-refractivity contribution in [1.82, 2.24) is 14.3 Å². The monoisotopic (exact) mass is 501 g/mol. The quantitative estimate of drug-likeness (QED) is 0.566. The van der Waals surface area contributed by atoms with Crippen LogP contribution >= 0.6 is 15.9 Å². The van der Waals surface area contributed by atoms with Crippen LogP contribution < -0.4 is 10.2 Å². The van der Waals surface area contributed by atoms with Gasteiger partial charge in [-0.15, -0.1) is 0 Å². The first-order valence-corrected chi connectivity index (χ1v) is 12.2. The molecule has 0 bridgehead atoms. The van der Waals surface area contributed by atoms with Crippen LogP contribution in [0.15, 0.2) is 64.0 Å². The van der Waals surface area contributed by atoms with E-state index < -0.39 is 10.0 Å². The lowest BCUT2D eigenvalue weighted by Gasteiger charge is -2.34. The second kappa shape index (κ2) is 8.94. The Bertz CT molecular complexity index is 1160. The standard InChI is InChI=1S/C22H24BrN5O2S/c1-16-3-7-19(8-4-16)26-21-15-22(25-17(2)24-21)27-11-13-28(14-12-27)31(29,30)20-9-5-18(23)6-10-20/h3-10,15H,11-14H2,1-2H3,(H,24,25,26). The molecule has 162 valence electrons. The molecule has 1 aliphatic heterocycles. The van der Waals surface area contributed by atoms with E-state index in [4.69, 9.17) is 0 Å². The Labute approximate surface area is 191 Å². The van der Waals surface area contributed by atoms with Gasteiger partial charge in [0.25, 0.3) is 0 Å². The Hall–Kier alpha value is -2.49. The number of benzene rings is 2. The van der Waals surface area contributed by atoms with Crippen LogP contribution in [0, 0.1) is 13.8 Å². The number of rotatable bonds is 5. The summed E-state index contributed by atoms with van der Waals surface area (Å²) in [6, 6.07) is 16.8. The van der Waals surface area contributed by atoms with E-state index in [-0.39, 0.29) is 0 Å². The van der Waals surface area contributed by atoms with Gasteiger partial charge in [0.1, 0.15) is 17.5 Å². The van der Waals surface area contributed by atoms with Crippen LogP contribution in [-0.2, 0) is 10.0 Å². The first-order valence-electron chi connectivity index (χ1n) is 10.0. The highest BCUT2D eigenvalue weighted by atomic mass is 79.9. The molecule has 0 saturated carbocycles. The van der Waals surface area contributed by atoms with E-state index in [2.05, 4.69) is 36.1 Å². The molecule has 0 unspecified atom stereocenters. The summed E-state index contributed by atoms with van der Waals surface area (Å²) in [6.45, 7) is 5.85. The fraction of sp³-hybridized carbons (Fsp3) is 0.273. The third-order valence-corrected chi connectivity index (χ3v) is 7.60. The molecule has 31 heavy (non-hydrogen) atoms. The number of hydrogen-bond acceptors (Lipinski definition) is 6. The van der Waals surface area contributed by atoms with Crippen LogP contribution in [0.2, 0.25) is 0 Å². The molecule has 3 aromatic rings.